The average Bonchev–Trinajstić information content (AvgIpc) is 3.15. The van der Waals surface area contributed by atoms with Gasteiger partial charge in [0.15, 0.2) is 0 Å². The van der Waals surface area contributed by atoms with Gasteiger partial charge in [0.1, 0.15) is 11.4 Å². The summed E-state index contributed by atoms with van der Waals surface area (Å²) >= 11 is 7.33. The number of hydrogen-bond acceptors (Lipinski definition) is 5. The zero-order valence-electron chi connectivity index (χ0n) is 18.7. The molecule has 0 saturated heterocycles. The lowest BCUT2D eigenvalue weighted by atomic mass is 10.2. The third-order valence-corrected chi connectivity index (χ3v) is 6.89. The molecule has 0 spiro atoms. The highest BCUT2D eigenvalue weighted by atomic mass is 35.5. The van der Waals surface area contributed by atoms with Gasteiger partial charge in [-0.25, -0.2) is 9.36 Å². The number of benzene rings is 2. The average molecular weight is 497 g/mol. The highest BCUT2D eigenvalue weighted by molar-refractivity contribution is 7.20. The minimum Gasteiger partial charge on any atom is -0.344 e. The predicted octanol–water partition coefficient (Wildman–Crippen LogP) is 3.52. The molecule has 0 radical (unpaired) electrons. The summed E-state index contributed by atoms with van der Waals surface area (Å²) in [5, 5.41) is 3.15. The Hall–Kier alpha value is -3.69. The molecule has 4 aromatic rings. The first-order valence-electron chi connectivity index (χ1n) is 10.3. The number of aryl methyl sites for hydroxylation is 1. The maximum atomic E-state index is 13.6. The van der Waals surface area contributed by atoms with Crippen molar-refractivity contribution in [1.29, 1.82) is 0 Å². The maximum absolute atomic E-state index is 13.6. The van der Waals surface area contributed by atoms with Crippen LogP contribution in [0.25, 0.3) is 15.9 Å². The van der Waals surface area contributed by atoms with Crippen molar-refractivity contribution in [3.63, 3.8) is 0 Å². The van der Waals surface area contributed by atoms with Crippen LogP contribution in [0.4, 0.5) is 5.69 Å². The van der Waals surface area contributed by atoms with Gasteiger partial charge in [-0.15, -0.1) is 11.3 Å². The van der Waals surface area contributed by atoms with Crippen molar-refractivity contribution in [3.8, 4) is 5.69 Å². The second-order valence-electron chi connectivity index (χ2n) is 7.81. The molecule has 2 aromatic heterocycles. The molecule has 2 amide bonds. The number of anilines is 1. The third-order valence-electron chi connectivity index (χ3n) is 5.27. The number of fused-ring (bicyclic) bond motifs is 1. The standard InChI is InChI=1S/C24H21ClN4O4S/c1-14-19-21(31)29(17-12-8-7-11-16(17)25)24(33)28(23(19)34-20(14)22(32)27(2)3)13-18(30)26-15-9-5-4-6-10-15/h4-12H,13H2,1-3H3,(H,26,30). The molecule has 0 fully saturated rings. The first-order valence-corrected chi connectivity index (χ1v) is 11.5. The fourth-order valence-corrected chi connectivity index (χ4v) is 5.14. The first kappa shape index (κ1) is 23.5. The topological polar surface area (TPSA) is 93.4 Å². The van der Waals surface area contributed by atoms with E-state index in [1.54, 1.807) is 69.6 Å². The van der Waals surface area contributed by atoms with E-state index in [1.807, 2.05) is 6.07 Å². The number of carbonyl (C=O) groups excluding carboxylic acids is 2. The second kappa shape index (κ2) is 9.28. The zero-order chi connectivity index (χ0) is 24.6. The number of hydrogen-bond donors (Lipinski definition) is 1. The first-order chi connectivity index (χ1) is 16.2. The largest absolute Gasteiger partial charge is 0.344 e. The van der Waals surface area contributed by atoms with E-state index < -0.39 is 17.2 Å². The second-order valence-corrected chi connectivity index (χ2v) is 9.22. The molecule has 0 bridgehead atoms. The smallest absolute Gasteiger partial charge is 0.337 e. The molecule has 2 heterocycles. The van der Waals surface area contributed by atoms with Crippen LogP contribution < -0.4 is 16.6 Å². The monoisotopic (exact) mass is 496 g/mol. The minimum absolute atomic E-state index is 0.197. The summed E-state index contributed by atoms with van der Waals surface area (Å²) in [4.78, 5) is 54.7. The lowest BCUT2D eigenvalue weighted by Gasteiger charge is -2.13. The van der Waals surface area contributed by atoms with Gasteiger partial charge in [-0.2, -0.15) is 0 Å². The van der Waals surface area contributed by atoms with Crippen LogP contribution in [0.3, 0.4) is 0 Å². The fourth-order valence-electron chi connectivity index (χ4n) is 3.60. The Morgan fingerprint density at radius 3 is 2.32 bits per heavy atom. The Morgan fingerprint density at radius 1 is 1.03 bits per heavy atom. The van der Waals surface area contributed by atoms with Gasteiger partial charge < -0.3 is 10.2 Å². The summed E-state index contributed by atoms with van der Waals surface area (Å²) in [6, 6.07) is 15.3. The Bertz CT molecular complexity index is 1540. The normalized spacial score (nSPS) is 10.9. The van der Waals surface area contributed by atoms with Crippen LogP contribution in [-0.2, 0) is 11.3 Å². The van der Waals surface area contributed by atoms with Gasteiger partial charge in [-0.1, -0.05) is 41.9 Å². The molecule has 4 rings (SSSR count). The predicted molar refractivity (Wildman–Crippen MR) is 135 cm³/mol. The van der Waals surface area contributed by atoms with Crippen LogP contribution in [0.15, 0.2) is 64.2 Å². The van der Waals surface area contributed by atoms with Crippen LogP contribution in [0.1, 0.15) is 15.2 Å². The molecular weight excluding hydrogens is 476 g/mol. The third kappa shape index (κ3) is 4.15. The molecule has 0 unspecified atom stereocenters. The summed E-state index contributed by atoms with van der Waals surface area (Å²) in [6.07, 6.45) is 0. The maximum Gasteiger partial charge on any atom is 0.337 e. The molecular formula is C24H21ClN4O4S. The molecule has 0 aliphatic heterocycles. The molecule has 10 heteroatoms. The van der Waals surface area contributed by atoms with Crippen molar-refractivity contribution in [2.45, 2.75) is 13.5 Å². The number of nitrogens with one attached hydrogen (secondary N) is 1. The number of amides is 2. The molecule has 0 aliphatic carbocycles. The number of halogens is 1. The van der Waals surface area contributed by atoms with E-state index >= 15 is 0 Å². The summed E-state index contributed by atoms with van der Waals surface area (Å²) in [5.74, 6) is -0.749. The summed E-state index contributed by atoms with van der Waals surface area (Å²) < 4.78 is 2.16. The van der Waals surface area contributed by atoms with Crippen LogP contribution in [0.2, 0.25) is 5.02 Å². The SMILES string of the molecule is Cc1c(C(=O)N(C)C)sc2c1c(=O)n(-c1ccccc1Cl)c(=O)n2CC(=O)Nc1ccccc1. The summed E-state index contributed by atoms with van der Waals surface area (Å²) in [7, 11) is 3.21. The Balaban J connectivity index is 1.97. The van der Waals surface area contributed by atoms with Gasteiger partial charge in [0, 0.05) is 19.8 Å². The van der Waals surface area contributed by atoms with Crippen LogP contribution in [0, 0.1) is 6.92 Å². The summed E-state index contributed by atoms with van der Waals surface area (Å²) in [5.41, 5.74) is -0.105. The molecule has 0 aliphatic rings. The van der Waals surface area contributed by atoms with Crippen molar-refractivity contribution in [2.75, 3.05) is 19.4 Å². The van der Waals surface area contributed by atoms with E-state index in [1.165, 1.54) is 9.47 Å². The zero-order valence-corrected chi connectivity index (χ0v) is 20.2. The van der Waals surface area contributed by atoms with Crippen molar-refractivity contribution in [3.05, 3.63) is 90.9 Å². The van der Waals surface area contributed by atoms with E-state index in [-0.39, 0.29) is 33.4 Å². The Morgan fingerprint density at radius 2 is 1.68 bits per heavy atom. The lowest BCUT2D eigenvalue weighted by Crippen LogP contribution is -2.40. The highest BCUT2D eigenvalue weighted by Crippen LogP contribution is 2.29. The van der Waals surface area contributed by atoms with Gasteiger partial charge >= 0.3 is 5.69 Å². The molecule has 1 N–H and O–H groups in total. The number of para-hydroxylation sites is 2. The highest BCUT2D eigenvalue weighted by Gasteiger charge is 2.25. The molecule has 34 heavy (non-hydrogen) atoms. The number of thiophene rings is 1. The molecule has 0 saturated carbocycles. The van der Waals surface area contributed by atoms with E-state index in [0.717, 1.165) is 15.9 Å². The Kier molecular flexibility index (Phi) is 6.41. The number of rotatable bonds is 5. The molecule has 8 nitrogen and oxygen atoms in total. The van der Waals surface area contributed by atoms with E-state index in [2.05, 4.69) is 5.32 Å². The van der Waals surface area contributed by atoms with Crippen LogP contribution >= 0.6 is 22.9 Å². The van der Waals surface area contributed by atoms with Gasteiger partial charge in [0.2, 0.25) is 5.91 Å². The number of aromatic nitrogens is 2. The van der Waals surface area contributed by atoms with Gasteiger partial charge in [0.05, 0.1) is 21.0 Å². The number of carbonyl (C=O) groups is 2. The molecule has 2 aromatic carbocycles. The van der Waals surface area contributed by atoms with Crippen molar-refractivity contribution >= 4 is 50.7 Å². The van der Waals surface area contributed by atoms with Gasteiger partial charge in [0.25, 0.3) is 11.5 Å². The van der Waals surface area contributed by atoms with E-state index in [9.17, 15) is 19.2 Å². The van der Waals surface area contributed by atoms with E-state index in [4.69, 9.17) is 11.6 Å². The van der Waals surface area contributed by atoms with Gasteiger partial charge in [-0.3, -0.25) is 19.0 Å². The Labute approximate surface area is 203 Å². The fraction of sp³-hybridized carbons (Fsp3) is 0.167. The lowest BCUT2D eigenvalue weighted by molar-refractivity contribution is -0.116. The quantitative estimate of drug-likeness (QED) is 0.457. The molecule has 174 valence electrons. The van der Waals surface area contributed by atoms with Crippen molar-refractivity contribution < 1.29 is 9.59 Å². The number of nitrogens with zero attached hydrogens (tertiary/aromatic N) is 3. The minimum atomic E-state index is -0.723. The van der Waals surface area contributed by atoms with Crippen LogP contribution in [-0.4, -0.2) is 39.9 Å². The van der Waals surface area contributed by atoms with Crippen molar-refractivity contribution in [1.82, 2.24) is 14.0 Å². The van der Waals surface area contributed by atoms with E-state index in [0.29, 0.717) is 16.1 Å². The van der Waals surface area contributed by atoms with Crippen LogP contribution in [0.5, 0.6) is 0 Å². The van der Waals surface area contributed by atoms with Gasteiger partial charge in [-0.05, 0) is 36.8 Å². The molecule has 0 atom stereocenters. The van der Waals surface area contributed by atoms with Crippen molar-refractivity contribution in [2.24, 2.45) is 0 Å². The summed E-state index contributed by atoms with van der Waals surface area (Å²) in [6.45, 7) is 1.30.